The molecule has 140 valence electrons. The van der Waals surface area contributed by atoms with Crippen LogP contribution in [0.1, 0.15) is 51.0 Å². The largest absolute Gasteiger partial charge is 0.497 e. The zero-order chi connectivity index (χ0) is 18.6. The van der Waals surface area contributed by atoms with Gasteiger partial charge in [-0.15, -0.1) is 0 Å². The van der Waals surface area contributed by atoms with Crippen LogP contribution < -0.4 is 15.4 Å². The zero-order valence-corrected chi connectivity index (χ0v) is 16.7. The Labute approximate surface area is 163 Å². The Hall–Kier alpha value is -2.07. The van der Waals surface area contributed by atoms with Crippen LogP contribution in [0.15, 0.2) is 48.5 Å². The van der Waals surface area contributed by atoms with E-state index in [4.69, 9.17) is 17.0 Å². The standard InChI is InChI=1S/C22H30N2OS/c1-3-4-5-6-7-8-9-18-10-12-19(13-11-18)23-22(26)24-20-14-16-21(25-2)17-15-20/h10-17H,3-9H2,1-2H3,(H2,23,24,26). The van der Waals surface area contributed by atoms with E-state index in [2.05, 4.69) is 41.8 Å². The average molecular weight is 371 g/mol. The summed E-state index contributed by atoms with van der Waals surface area (Å²) in [6.45, 7) is 2.26. The summed E-state index contributed by atoms with van der Waals surface area (Å²) in [6.07, 6.45) is 9.16. The lowest BCUT2D eigenvalue weighted by Crippen LogP contribution is -2.18. The van der Waals surface area contributed by atoms with E-state index in [0.29, 0.717) is 5.11 Å². The molecule has 2 aromatic rings. The Balaban J connectivity index is 1.72. The summed E-state index contributed by atoms with van der Waals surface area (Å²) in [6, 6.07) is 16.2. The van der Waals surface area contributed by atoms with Crippen LogP contribution in [0.5, 0.6) is 5.75 Å². The summed E-state index contributed by atoms with van der Waals surface area (Å²) in [5, 5.41) is 6.99. The molecule has 0 aliphatic rings. The minimum atomic E-state index is 0.582. The third kappa shape index (κ3) is 7.44. The van der Waals surface area contributed by atoms with Gasteiger partial charge in [-0.05, 0) is 67.0 Å². The average Bonchev–Trinajstić information content (AvgIpc) is 2.66. The van der Waals surface area contributed by atoms with E-state index in [1.54, 1.807) is 7.11 Å². The molecule has 4 heteroatoms. The van der Waals surface area contributed by atoms with Crippen LogP contribution >= 0.6 is 12.2 Å². The van der Waals surface area contributed by atoms with E-state index in [1.807, 2.05) is 24.3 Å². The van der Waals surface area contributed by atoms with Gasteiger partial charge in [0.1, 0.15) is 5.75 Å². The zero-order valence-electron chi connectivity index (χ0n) is 15.9. The number of anilines is 2. The summed E-state index contributed by atoms with van der Waals surface area (Å²) in [7, 11) is 1.66. The molecule has 2 rings (SSSR count). The third-order valence-corrected chi connectivity index (χ3v) is 4.58. The maximum absolute atomic E-state index is 5.38. The van der Waals surface area contributed by atoms with Crippen molar-refractivity contribution in [2.45, 2.75) is 51.9 Å². The fourth-order valence-corrected chi connectivity index (χ4v) is 3.07. The molecule has 0 amide bonds. The smallest absolute Gasteiger partial charge is 0.175 e. The first-order valence-corrected chi connectivity index (χ1v) is 9.93. The van der Waals surface area contributed by atoms with Gasteiger partial charge >= 0.3 is 0 Å². The summed E-state index contributed by atoms with van der Waals surface area (Å²) >= 11 is 5.38. The molecule has 2 aromatic carbocycles. The minimum Gasteiger partial charge on any atom is -0.497 e. The lowest BCUT2D eigenvalue weighted by molar-refractivity contribution is 0.415. The van der Waals surface area contributed by atoms with Gasteiger partial charge in [-0.2, -0.15) is 0 Å². The van der Waals surface area contributed by atoms with Crippen molar-refractivity contribution in [1.29, 1.82) is 0 Å². The number of hydrogen-bond acceptors (Lipinski definition) is 2. The molecule has 0 saturated carbocycles. The summed E-state index contributed by atoms with van der Waals surface area (Å²) in [5.41, 5.74) is 3.32. The number of benzene rings is 2. The van der Waals surface area contributed by atoms with Crippen molar-refractivity contribution in [1.82, 2.24) is 0 Å². The van der Waals surface area contributed by atoms with Crippen molar-refractivity contribution in [3.8, 4) is 5.75 Å². The van der Waals surface area contributed by atoms with Crippen LogP contribution in [0, 0.1) is 0 Å². The van der Waals surface area contributed by atoms with E-state index in [9.17, 15) is 0 Å². The summed E-state index contributed by atoms with van der Waals surface area (Å²) in [5.74, 6) is 0.829. The fraction of sp³-hybridized carbons (Fsp3) is 0.409. The van der Waals surface area contributed by atoms with Gasteiger partial charge in [0.15, 0.2) is 5.11 Å². The number of methoxy groups -OCH3 is 1. The Morgan fingerprint density at radius 2 is 1.35 bits per heavy atom. The molecule has 0 saturated heterocycles. The van der Waals surface area contributed by atoms with E-state index in [1.165, 1.54) is 44.1 Å². The van der Waals surface area contributed by atoms with Crippen molar-refractivity contribution in [2.24, 2.45) is 0 Å². The van der Waals surface area contributed by atoms with Crippen LogP contribution in [0.2, 0.25) is 0 Å². The molecular weight excluding hydrogens is 340 g/mol. The van der Waals surface area contributed by atoms with E-state index < -0.39 is 0 Å². The highest BCUT2D eigenvalue weighted by atomic mass is 32.1. The minimum absolute atomic E-state index is 0.582. The van der Waals surface area contributed by atoms with Crippen molar-refractivity contribution < 1.29 is 4.74 Å². The van der Waals surface area contributed by atoms with Gasteiger partial charge < -0.3 is 15.4 Å². The SMILES string of the molecule is CCCCCCCCc1ccc(NC(=S)Nc2ccc(OC)cc2)cc1. The van der Waals surface area contributed by atoms with Gasteiger partial charge in [-0.1, -0.05) is 51.2 Å². The highest BCUT2D eigenvalue weighted by Gasteiger charge is 2.01. The summed E-state index contributed by atoms with van der Waals surface area (Å²) in [4.78, 5) is 0. The van der Waals surface area contributed by atoms with Gasteiger partial charge in [-0.25, -0.2) is 0 Å². The number of rotatable bonds is 10. The van der Waals surface area contributed by atoms with Crippen LogP contribution in [0.4, 0.5) is 11.4 Å². The number of nitrogens with one attached hydrogen (secondary N) is 2. The van der Waals surface area contributed by atoms with E-state index in [0.717, 1.165) is 23.5 Å². The Morgan fingerprint density at radius 3 is 1.92 bits per heavy atom. The normalized spacial score (nSPS) is 10.4. The van der Waals surface area contributed by atoms with Crippen LogP contribution in [-0.4, -0.2) is 12.2 Å². The van der Waals surface area contributed by atoms with Gasteiger partial charge in [-0.3, -0.25) is 0 Å². The van der Waals surface area contributed by atoms with Gasteiger partial charge in [0, 0.05) is 11.4 Å². The highest BCUT2D eigenvalue weighted by molar-refractivity contribution is 7.80. The lowest BCUT2D eigenvalue weighted by atomic mass is 10.0. The lowest BCUT2D eigenvalue weighted by Gasteiger charge is -2.11. The Kier molecular flexibility index (Phi) is 8.98. The Morgan fingerprint density at radius 1 is 0.808 bits per heavy atom. The molecule has 0 fully saturated rings. The van der Waals surface area contributed by atoms with Crippen molar-refractivity contribution in [2.75, 3.05) is 17.7 Å². The maximum Gasteiger partial charge on any atom is 0.175 e. The first-order valence-electron chi connectivity index (χ1n) is 9.52. The molecule has 26 heavy (non-hydrogen) atoms. The third-order valence-electron chi connectivity index (χ3n) is 4.38. The maximum atomic E-state index is 5.38. The Bertz CT molecular complexity index is 653. The first-order chi connectivity index (χ1) is 12.7. The molecule has 0 atom stereocenters. The second kappa shape index (κ2) is 11.5. The van der Waals surface area contributed by atoms with Crippen molar-refractivity contribution in [3.05, 3.63) is 54.1 Å². The topological polar surface area (TPSA) is 33.3 Å². The van der Waals surface area contributed by atoms with Crippen molar-refractivity contribution >= 4 is 28.7 Å². The predicted octanol–water partition coefficient (Wildman–Crippen LogP) is 6.41. The number of unbranched alkanes of at least 4 members (excludes halogenated alkanes) is 5. The van der Waals surface area contributed by atoms with Gasteiger partial charge in [0.25, 0.3) is 0 Å². The van der Waals surface area contributed by atoms with E-state index in [-0.39, 0.29) is 0 Å². The van der Waals surface area contributed by atoms with E-state index >= 15 is 0 Å². The monoisotopic (exact) mass is 370 g/mol. The number of hydrogen-bond donors (Lipinski definition) is 2. The van der Waals surface area contributed by atoms with Crippen molar-refractivity contribution in [3.63, 3.8) is 0 Å². The summed E-state index contributed by atoms with van der Waals surface area (Å²) < 4.78 is 5.16. The molecule has 0 spiro atoms. The molecular formula is C22H30N2OS. The van der Waals surface area contributed by atoms with Crippen LogP contribution in [0.25, 0.3) is 0 Å². The van der Waals surface area contributed by atoms with Gasteiger partial charge in [0.05, 0.1) is 7.11 Å². The predicted molar refractivity (Wildman–Crippen MR) is 116 cm³/mol. The number of thiocarbonyl (C=S) groups is 1. The number of aryl methyl sites for hydroxylation is 1. The van der Waals surface area contributed by atoms with Crippen LogP contribution in [-0.2, 0) is 6.42 Å². The molecule has 0 aliphatic heterocycles. The number of ether oxygens (including phenoxy) is 1. The second-order valence-corrected chi connectivity index (χ2v) is 6.93. The fourth-order valence-electron chi connectivity index (χ4n) is 2.83. The second-order valence-electron chi connectivity index (χ2n) is 6.52. The molecule has 0 aliphatic carbocycles. The highest BCUT2D eigenvalue weighted by Crippen LogP contribution is 2.17. The first kappa shape index (κ1) is 20.2. The quantitative estimate of drug-likeness (QED) is 0.374. The molecule has 0 heterocycles. The molecule has 0 aromatic heterocycles. The van der Waals surface area contributed by atoms with Crippen LogP contribution in [0.3, 0.4) is 0 Å². The van der Waals surface area contributed by atoms with Gasteiger partial charge in [0.2, 0.25) is 0 Å². The molecule has 0 bridgehead atoms. The molecule has 3 nitrogen and oxygen atoms in total. The molecule has 0 radical (unpaired) electrons. The molecule has 0 unspecified atom stereocenters. The molecule has 2 N–H and O–H groups in total.